The van der Waals surface area contributed by atoms with Gasteiger partial charge in [-0.15, -0.1) is 0 Å². The first-order valence-corrected chi connectivity index (χ1v) is 10.2. The largest absolute Gasteiger partial charge is 0.432 e. The number of anilines is 1. The number of alkyl halides is 3. The summed E-state index contributed by atoms with van der Waals surface area (Å²) in [7, 11) is -3.79. The van der Waals surface area contributed by atoms with Gasteiger partial charge < -0.3 is 9.88 Å². The van der Waals surface area contributed by atoms with Gasteiger partial charge in [0.05, 0.1) is 11.1 Å². The van der Waals surface area contributed by atoms with Crippen LogP contribution in [-0.2, 0) is 16.0 Å². The molecule has 0 bridgehead atoms. The predicted molar refractivity (Wildman–Crippen MR) is 94.0 cm³/mol. The molecule has 12 heteroatoms. The van der Waals surface area contributed by atoms with Crippen LogP contribution in [0.2, 0.25) is 0 Å². The van der Waals surface area contributed by atoms with E-state index < -0.39 is 32.3 Å². The monoisotopic (exact) mass is 418 g/mol. The summed E-state index contributed by atoms with van der Waals surface area (Å²) >= 11 is 0. The quantitative estimate of drug-likeness (QED) is 0.604. The third kappa shape index (κ3) is 4.11. The van der Waals surface area contributed by atoms with E-state index in [4.69, 9.17) is 0 Å². The number of halogens is 3. The molecule has 8 nitrogen and oxygen atoms in total. The van der Waals surface area contributed by atoms with Gasteiger partial charge in [0.2, 0.25) is 0 Å². The van der Waals surface area contributed by atoms with Crippen LogP contribution >= 0.6 is 0 Å². The molecule has 0 spiro atoms. The second-order valence-corrected chi connectivity index (χ2v) is 8.61. The van der Waals surface area contributed by atoms with Crippen molar-refractivity contribution in [1.29, 1.82) is 0 Å². The van der Waals surface area contributed by atoms with Gasteiger partial charge in [-0.1, -0.05) is 0 Å². The molecule has 2 aromatic rings. The lowest BCUT2D eigenvalue weighted by Gasteiger charge is -2.33. The van der Waals surface area contributed by atoms with E-state index in [1.807, 2.05) is 4.90 Å². The van der Waals surface area contributed by atoms with Crippen LogP contribution in [0.5, 0.6) is 0 Å². The van der Waals surface area contributed by atoms with Crippen LogP contribution in [0.3, 0.4) is 0 Å². The molecule has 1 aromatic carbocycles. The molecule has 2 heterocycles. The van der Waals surface area contributed by atoms with Crippen molar-refractivity contribution in [1.82, 2.24) is 9.97 Å². The lowest BCUT2D eigenvalue weighted by Crippen LogP contribution is -2.33. The summed E-state index contributed by atoms with van der Waals surface area (Å²) in [6, 6.07) is 3.89. The summed E-state index contributed by atoms with van der Waals surface area (Å²) in [4.78, 5) is 18.0. The fraction of sp³-hybridized carbons (Fsp3) is 0.438. The zero-order chi connectivity index (χ0) is 20.7. The van der Waals surface area contributed by atoms with Crippen molar-refractivity contribution in [2.24, 2.45) is 0 Å². The number of nitro groups is 1. The Morgan fingerprint density at radius 3 is 2.43 bits per heavy atom. The lowest BCUT2D eigenvalue weighted by atomic mass is 9.96. The van der Waals surface area contributed by atoms with Crippen LogP contribution < -0.4 is 4.90 Å². The molecular weight excluding hydrogens is 401 g/mol. The second-order valence-electron chi connectivity index (χ2n) is 6.62. The van der Waals surface area contributed by atoms with Gasteiger partial charge in [0.25, 0.3) is 5.69 Å². The molecule has 1 aromatic heterocycles. The number of hydrogen-bond donors (Lipinski definition) is 1. The highest BCUT2D eigenvalue weighted by Crippen LogP contribution is 2.34. The molecule has 1 saturated heterocycles. The number of nitro benzene ring substituents is 1. The first-order chi connectivity index (χ1) is 13.0. The molecule has 1 aliphatic heterocycles. The van der Waals surface area contributed by atoms with Crippen molar-refractivity contribution in [2.75, 3.05) is 24.2 Å². The summed E-state index contributed by atoms with van der Waals surface area (Å²) < 4.78 is 61.9. The highest BCUT2D eigenvalue weighted by atomic mass is 32.2. The normalized spacial score (nSPS) is 16.4. The number of H-pyrrole nitrogens is 1. The Bertz CT molecular complexity index is 996. The molecule has 1 aliphatic rings. The standard InChI is InChI=1S/C16H17F3N4O4S/c1-28(26,27)13-8-11(2-3-12(13)23(24)25)22-6-4-10(5-7-22)15-20-9-14(21-15)16(17,18)19/h2-3,8-10H,4-7H2,1H3,(H,20,21). The third-order valence-corrected chi connectivity index (χ3v) is 5.81. The maximum Gasteiger partial charge on any atom is 0.432 e. The number of rotatable bonds is 4. The molecule has 152 valence electrons. The molecule has 1 N–H and O–H groups in total. The third-order valence-electron chi connectivity index (χ3n) is 4.69. The van der Waals surface area contributed by atoms with Crippen molar-refractivity contribution in [3.63, 3.8) is 0 Å². The van der Waals surface area contributed by atoms with Crippen molar-refractivity contribution in [3.8, 4) is 0 Å². The highest BCUT2D eigenvalue weighted by Gasteiger charge is 2.34. The zero-order valence-corrected chi connectivity index (χ0v) is 15.5. The summed E-state index contributed by atoms with van der Waals surface area (Å²) in [5.41, 5.74) is -0.866. The number of aromatic nitrogens is 2. The molecular formula is C16H17F3N4O4S. The maximum absolute atomic E-state index is 12.7. The van der Waals surface area contributed by atoms with Gasteiger partial charge in [0.1, 0.15) is 16.4 Å². The Labute approximate surface area is 158 Å². The van der Waals surface area contributed by atoms with Crippen molar-refractivity contribution < 1.29 is 26.5 Å². The van der Waals surface area contributed by atoms with Crippen LogP contribution in [-0.4, -0.2) is 42.7 Å². The van der Waals surface area contributed by atoms with Crippen LogP contribution in [0.25, 0.3) is 0 Å². The number of aromatic amines is 1. The van der Waals surface area contributed by atoms with E-state index >= 15 is 0 Å². The van der Waals surface area contributed by atoms with Gasteiger partial charge in [-0.3, -0.25) is 10.1 Å². The smallest absolute Gasteiger partial charge is 0.371 e. The molecule has 0 aliphatic carbocycles. The Morgan fingerprint density at radius 1 is 1.29 bits per heavy atom. The van der Waals surface area contributed by atoms with Crippen LogP contribution in [0, 0.1) is 10.1 Å². The van der Waals surface area contributed by atoms with Gasteiger partial charge in [-0.25, -0.2) is 13.4 Å². The summed E-state index contributed by atoms with van der Waals surface area (Å²) in [6.07, 6.45) is -1.78. The maximum atomic E-state index is 12.7. The summed E-state index contributed by atoms with van der Waals surface area (Å²) in [5.74, 6) is 0.0901. The molecule has 28 heavy (non-hydrogen) atoms. The average molecular weight is 418 g/mol. The van der Waals surface area contributed by atoms with Gasteiger partial charge in [0.15, 0.2) is 9.84 Å². The van der Waals surface area contributed by atoms with E-state index in [0.29, 0.717) is 31.6 Å². The molecule has 1 fully saturated rings. The van der Waals surface area contributed by atoms with Crippen LogP contribution in [0.4, 0.5) is 24.5 Å². The molecule has 0 saturated carbocycles. The predicted octanol–water partition coefficient (Wildman–Crippen LogP) is 3.12. The van der Waals surface area contributed by atoms with Crippen LogP contribution in [0.1, 0.15) is 30.3 Å². The van der Waals surface area contributed by atoms with E-state index in [9.17, 15) is 31.7 Å². The first kappa shape index (κ1) is 20.1. The van der Waals surface area contributed by atoms with Gasteiger partial charge in [-0.2, -0.15) is 13.2 Å². The fourth-order valence-corrected chi connectivity index (χ4v) is 4.10. The number of imidazole rings is 1. The Kier molecular flexibility index (Phi) is 5.08. The number of nitrogens with zero attached hydrogens (tertiary/aromatic N) is 3. The number of hydrogen-bond acceptors (Lipinski definition) is 6. The Hall–Kier alpha value is -2.63. The van der Waals surface area contributed by atoms with E-state index in [-0.39, 0.29) is 16.6 Å². The van der Waals surface area contributed by atoms with Crippen LogP contribution in [0.15, 0.2) is 29.3 Å². The zero-order valence-electron chi connectivity index (χ0n) is 14.7. The molecule has 0 amide bonds. The summed E-state index contributed by atoms with van der Waals surface area (Å²) in [5, 5.41) is 11.1. The van der Waals surface area contributed by atoms with Crippen molar-refractivity contribution in [2.45, 2.75) is 29.8 Å². The van der Waals surface area contributed by atoms with E-state index in [0.717, 1.165) is 18.5 Å². The number of sulfone groups is 1. The van der Waals surface area contributed by atoms with Crippen molar-refractivity contribution in [3.05, 3.63) is 46.0 Å². The molecule has 0 atom stereocenters. The molecule has 0 radical (unpaired) electrons. The minimum absolute atomic E-state index is 0.181. The van der Waals surface area contributed by atoms with E-state index in [2.05, 4.69) is 9.97 Å². The second kappa shape index (κ2) is 7.08. The van der Waals surface area contributed by atoms with E-state index in [1.54, 1.807) is 0 Å². The van der Waals surface area contributed by atoms with Gasteiger partial charge in [0, 0.05) is 37.0 Å². The van der Waals surface area contributed by atoms with E-state index in [1.165, 1.54) is 12.1 Å². The topological polar surface area (TPSA) is 109 Å². The first-order valence-electron chi connectivity index (χ1n) is 8.32. The SMILES string of the molecule is CS(=O)(=O)c1cc(N2CCC(c3ncc(C(F)(F)F)[nH]3)CC2)ccc1[N+](=O)[O-]. The highest BCUT2D eigenvalue weighted by molar-refractivity contribution is 7.90. The number of piperidine rings is 1. The molecule has 3 rings (SSSR count). The molecule has 0 unspecified atom stereocenters. The Morgan fingerprint density at radius 2 is 1.93 bits per heavy atom. The average Bonchev–Trinajstić information content (AvgIpc) is 3.11. The minimum Gasteiger partial charge on any atom is -0.371 e. The van der Waals surface area contributed by atoms with Gasteiger partial charge >= 0.3 is 6.18 Å². The minimum atomic E-state index is -4.48. The summed E-state index contributed by atoms with van der Waals surface area (Å²) in [6.45, 7) is 0.904. The van der Waals surface area contributed by atoms with Crippen molar-refractivity contribution >= 4 is 21.2 Å². The van der Waals surface area contributed by atoms with Gasteiger partial charge in [-0.05, 0) is 25.0 Å². The fourth-order valence-electron chi connectivity index (χ4n) is 3.25. The Balaban J connectivity index is 1.76. The lowest BCUT2D eigenvalue weighted by molar-refractivity contribution is -0.387. The number of nitrogens with one attached hydrogen (secondary N) is 1. The number of benzene rings is 1.